The molecule has 1 N–H and O–H groups in total. The number of aromatic nitrogens is 2. The van der Waals surface area contributed by atoms with Crippen molar-refractivity contribution in [1.82, 2.24) is 13.7 Å². The molecule has 1 rings (SSSR count). The third-order valence-corrected chi connectivity index (χ3v) is 4.92. The molecule has 0 fully saturated rings. The molecule has 17 heavy (non-hydrogen) atoms. The Morgan fingerprint density at radius 3 is 2.71 bits per heavy atom. The van der Waals surface area contributed by atoms with Crippen LogP contribution < -0.4 is 5.32 Å². The minimum Gasteiger partial charge on any atom is -0.360 e. The molecule has 0 saturated heterocycles. The highest BCUT2D eigenvalue weighted by atomic mass is 32.2. The van der Waals surface area contributed by atoms with E-state index in [0.29, 0.717) is 13.1 Å². The van der Waals surface area contributed by atoms with Crippen LogP contribution in [0.25, 0.3) is 0 Å². The summed E-state index contributed by atoms with van der Waals surface area (Å²) in [5.41, 5.74) is 0. The van der Waals surface area contributed by atoms with E-state index in [-0.39, 0.29) is 5.75 Å². The van der Waals surface area contributed by atoms with Gasteiger partial charge in [0.25, 0.3) is 0 Å². The molecule has 0 aromatic carbocycles. The fourth-order valence-electron chi connectivity index (χ4n) is 1.23. The predicted octanol–water partition coefficient (Wildman–Crippen LogP) is 0.930. The van der Waals surface area contributed by atoms with Gasteiger partial charge in [0.05, 0.1) is 5.75 Å². The fraction of sp³-hybridized carbons (Fsp3) is 0.778. The number of nitrogens with zero attached hydrogens (tertiary/aromatic N) is 3. The first-order chi connectivity index (χ1) is 7.95. The van der Waals surface area contributed by atoms with E-state index < -0.39 is 10.0 Å². The van der Waals surface area contributed by atoms with Gasteiger partial charge in [0.15, 0.2) is 0 Å². The van der Waals surface area contributed by atoms with Gasteiger partial charge in [0, 0.05) is 31.7 Å². The van der Waals surface area contributed by atoms with E-state index >= 15 is 0 Å². The van der Waals surface area contributed by atoms with Crippen LogP contribution in [0.2, 0.25) is 0 Å². The second kappa shape index (κ2) is 6.27. The third-order valence-electron chi connectivity index (χ3n) is 2.29. The highest BCUT2D eigenvalue weighted by molar-refractivity contribution is 7.89. The second-order valence-electron chi connectivity index (χ2n) is 3.65. The van der Waals surface area contributed by atoms with Gasteiger partial charge in [0.1, 0.15) is 5.82 Å². The van der Waals surface area contributed by atoms with E-state index in [1.165, 1.54) is 15.8 Å². The summed E-state index contributed by atoms with van der Waals surface area (Å²) in [7, 11) is -1.45. The lowest BCUT2D eigenvalue weighted by atomic mass is 10.4. The number of aryl methyl sites for hydroxylation is 1. The standard InChI is InChI=1S/C9H18N4O2S2/c1-4-17(14,15)13(3)7-5-6-10-9-11-8(2)12-16-9/h4-7H2,1-3H3,(H,10,11,12). The number of nitrogens with one attached hydrogen (secondary N) is 1. The van der Waals surface area contributed by atoms with Crippen molar-refractivity contribution in [2.75, 3.05) is 31.2 Å². The molecule has 0 atom stereocenters. The summed E-state index contributed by atoms with van der Waals surface area (Å²) in [5.74, 6) is 0.898. The summed E-state index contributed by atoms with van der Waals surface area (Å²) in [5, 5.41) is 3.89. The number of sulfonamides is 1. The Labute approximate surface area is 106 Å². The molecule has 1 aromatic rings. The van der Waals surface area contributed by atoms with Crippen molar-refractivity contribution in [3.05, 3.63) is 5.82 Å². The van der Waals surface area contributed by atoms with Crippen LogP contribution in [0.1, 0.15) is 19.2 Å². The van der Waals surface area contributed by atoms with Crippen molar-refractivity contribution in [3.8, 4) is 0 Å². The highest BCUT2D eigenvalue weighted by Gasteiger charge is 2.13. The van der Waals surface area contributed by atoms with E-state index in [2.05, 4.69) is 14.7 Å². The Balaban J connectivity index is 2.25. The monoisotopic (exact) mass is 278 g/mol. The van der Waals surface area contributed by atoms with E-state index in [9.17, 15) is 8.42 Å². The van der Waals surface area contributed by atoms with Gasteiger partial charge in [-0.15, -0.1) is 0 Å². The molecule has 0 saturated carbocycles. The predicted molar refractivity (Wildman–Crippen MR) is 69.8 cm³/mol. The molecule has 0 unspecified atom stereocenters. The smallest absolute Gasteiger partial charge is 0.213 e. The number of anilines is 1. The number of hydrogen-bond acceptors (Lipinski definition) is 6. The average molecular weight is 278 g/mol. The Hall–Kier alpha value is -0.730. The van der Waals surface area contributed by atoms with Crippen molar-refractivity contribution in [2.45, 2.75) is 20.3 Å². The van der Waals surface area contributed by atoms with Crippen molar-refractivity contribution < 1.29 is 8.42 Å². The lowest BCUT2D eigenvalue weighted by molar-refractivity contribution is 0.466. The highest BCUT2D eigenvalue weighted by Crippen LogP contribution is 2.09. The number of hydrogen-bond donors (Lipinski definition) is 1. The van der Waals surface area contributed by atoms with Gasteiger partial charge in [-0.3, -0.25) is 0 Å². The quantitative estimate of drug-likeness (QED) is 0.751. The zero-order valence-corrected chi connectivity index (χ0v) is 11.9. The van der Waals surface area contributed by atoms with Crippen molar-refractivity contribution in [2.24, 2.45) is 0 Å². The molecule has 98 valence electrons. The van der Waals surface area contributed by atoms with Crippen LogP contribution in [-0.2, 0) is 10.0 Å². The Bertz CT molecular complexity index is 444. The third kappa shape index (κ3) is 4.57. The number of rotatable bonds is 7. The molecule has 1 aromatic heterocycles. The zero-order valence-electron chi connectivity index (χ0n) is 10.3. The van der Waals surface area contributed by atoms with Gasteiger partial charge in [-0.25, -0.2) is 17.7 Å². The summed E-state index contributed by atoms with van der Waals surface area (Å²) in [6.07, 6.45) is 0.744. The van der Waals surface area contributed by atoms with E-state index in [4.69, 9.17) is 0 Å². The molecule has 0 amide bonds. The van der Waals surface area contributed by atoms with E-state index in [1.54, 1.807) is 14.0 Å². The minimum atomic E-state index is -3.06. The van der Waals surface area contributed by atoms with Gasteiger partial charge in [0.2, 0.25) is 15.2 Å². The van der Waals surface area contributed by atoms with Crippen LogP contribution in [0.15, 0.2) is 0 Å². The molecule has 0 spiro atoms. The Morgan fingerprint density at radius 1 is 1.47 bits per heavy atom. The molecule has 0 aliphatic carbocycles. The van der Waals surface area contributed by atoms with Gasteiger partial charge in [-0.05, 0) is 20.3 Å². The normalized spacial score (nSPS) is 12.0. The topological polar surface area (TPSA) is 75.2 Å². The molecule has 8 heteroatoms. The van der Waals surface area contributed by atoms with Gasteiger partial charge >= 0.3 is 0 Å². The summed E-state index contributed by atoms with van der Waals surface area (Å²) in [6.45, 7) is 4.69. The lowest BCUT2D eigenvalue weighted by Crippen LogP contribution is -2.30. The van der Waals surface area contributed by atoms with Crippen LogP contribution in [-0.4, -0.2) is 48.0 Å². The van der Waals surface area contributed by atoms with Crippen LogP contribution in [0, 0.1) is 6.92 Å². The van der Waals surface area contributed by atoms with Crippen molar-refractivity contribution in [1.29, 1.82) is 0 Å². The maximum atomic E-state index is 11.5. The molecule has 0 aliphatic rings. The molecule has 0 bridgehead atoms. The summed E-state index contributed by atoms with van der Waals surface area (Å²) < 4.78 is 28.3. The molecule has 6 nitrogen and oxygen atoms in total. The summed E-state index contributed by atoms with van der Waals surface area (Å²) in [4.78, 5) is 4.16. The Morgan fingerprint density at radius 2 is 2.18 bits per heavy atom. The first kappa shape index (κ1) is 14.3. The lowest BCUT2D eigenvalue weighted by Gasteiger charge is -2.15. The first-order valence-corrected chi connectivity index (χ1v) is 7.82. The zero-order chi connectivity index (χ0) is 12.9. The molecular weight excluding hydrogens is 260 g/mol. The van der Waals surface area contributed by atoms with Gasteiger partial charge in [-0.2, -0.15) is 4.37 Å². The van der Waals surface area contributed by atoms with Crippen LogP contribution >= 0.6 is 11.5 Å². The summed E-state index contributed by atoms with van der Waals surface area (Å²) >= 11 is 1.31. The largest absolute Gasteiger partial charge is 0.360 e. The van der Waals surface area contributed by atoms with Crippen molar-refractivity contribution in [3.63, 3.8) is 0 Å². The SMILES string of the molecule is CCS(=O)(=O)N(C)CCCNc1nc(C)ns1. The maximum Gasteiger partial charge on any atom is 0.213 e. The van der Waals surface area contributed by atoms with Gasteiger partial charge in [-0.1, -0.05) is 0 Å². The summed E-state index contributed by atoms with van der Waals surface area (Å²) in [6, 6.07) is 0. The second-order valence-corrected chi connectivity index (χ2v) is 6.77. The van der Waals surface area contributed by atoms with Gasteiger partial charge < -0.3 is 5.32 Å². The van der Waals surface area contributed by atoms with E-state index in [0.717, 1.165) is 17.4 Å². The molecule has 1 heterocycles. The van der Waals surface area contributed by atoms with Crippen LogP contribution in [0.4, 0.5) is 5.13 Å². The molecule has 0 aliphatic heterocycles. The fourth-order valence-corrected chi connectivity index (χ4v) is 2.67. The van der Waals surface area contributed by atoms with E-state index in [1.807, 2.05) is 6.92 Å². The van der Waals surface area contributed by atoms with Crippen LogP contribution in [0.5, 0.6) is 0 Å². The first-order valence-electron chi connectivity index (χ1n) is 5.44. The molecular formula is C9H18N4O2S2. The average Bonchev–Trinajstić information content (AvgIpc) is 2.70. The maximum absolute atomic E-state index is 11.5. The van der Waals surface area contributed by atoms with Crippen molar-refractivity contribution >= 4 is 26.7 Å². The Kier molecular flexibility index (Phi) is 5.29. The van der Waals surface area contributed by atoms with Crippen LogP contribution in [0.3, 0.4) is 0 Å². The molecule has 0 radical (unpaired) electrons. The minimum absolute atomic E-state index is 0.145.